The van der Waals surface area contributed by atoms with E-state index in [1.807, 2.05) is 42.5 Å². The van der Waals surface area contributed by atoms with Gasteiger partial charge in [-0.1, -0.05) is 62.4 Å². The van der Waals surface area contributed by atoms with E-state index in [1.54, 1.807) is 26.0 Å². The first kappa shape index (κ1) is 16.7. The van der Waals surface area contributed by atoms with Gasteiger partial charge in [0.25, 0.3) is 0 Å². The van der Waals surface area contributed by atoms with Crippen LogP contribution in [0.5, 0.6) is 0 Å². The molecule has 0 aliphatic heterocycles. The number of rotatable bonds is 5. The number of carbonyl (C=O) groups is 2. The minimum Gasteiger partial charge on any atom is -0.479 e. The Morgan fingerprint density at radius 2 is 1.61 bits per heavy atom. The summed E-state index contributed by atoms with van der Waals surface area (Å²) in [5, 5.41) is 12.3. The Balaban J connectivity index is 2.45. The maximum absolute atomic E-state index is 12.0. The van der Waals surface area contributed by atoms with Crippen molar-refractivity contribution < 1.29 is 14.7 Å². The Kier molecular flexibility index (Phi) is 4.84. The van der Waals surface area contributed by atoms with Gasteiger partial charge in [0.15, 0.2) is 5.54 Å². The van der Waals surface area contributed by atoms with Crippen LogP contribution >= 0.6 is 0 Å². The molecule has 0 heterocycles. The Morgan fingerprint density at radius 1 is 1.00 bits per heavy atom. The van der Waals surface area contributed by atoms with Crippen LogP contribution in [0.2, 0.25) is 0 Å². The van der Waals surface area contributed by atoms with Gasteiger partial charge in [-0.15, -0.1) is 0 Å². The number of hydrogen-bond donors (Lipinski definition) is 2. The molecule has 0 radical (unpaired) electrons. The van der Waals surface area contributed by atoms with Gasteiger partial charge in [-0.3, -0.25) is 4.79 Å². The van der Waals surface area contributed by atoms with Gasteiger partial charge in [-0.05, 0) is 29.7 Å². The summed E-state index contributed by atoms with van der Waals surface area (Å²) in [7, 11) is 0. The molecule has 0 aliphatic rings. The van der Waals surface area contributed by atoms with E-state index in [9.17, 15) is 14.7 Å². The minimum atomic E-state index is -1.47. The van der Waals surface area contributed by atoms with Gasteiger partial charge in [0, 0.05) is 5.92 Å². The summed E-state index contributed by atoms with van der Waals surface area (Å²) in [5.41, 5.74) is 0.985. The van der Waals surface area contributed by atoms with Crippen molar-refractivity contribution in [3.05, 3.63) is 60.2 Å². The zero-order chi connectivity index (χ0) is 17.0. The number of carbonyl (C=O) groups excluding carboxylic acids is 1. The van der Waals surface area contributed by atoms with Crippen molar-refractivity contribution in [1.82, 2.24) is 5.32 Å². The number of benzene rings is 2. The second-order valence-electron chi connectivity index (χ2n) is 6.02. The third kappa shape index (κ3) is 3.59. The average Bonchev–Trinajstić information content (AvgIpc) is 2.55. The molecule has 1 atom stereocenters. The highest BCUT2D eigenvalue weighted by molar-refractivity contribution is 5.89. The Labute approximate surface area is 136 Å². The number of amides is 1. The SMILES string of the molecule is CC(C)C(=O)NC(C)(C(=O)O)c1cccc(-c2ccccc2)c1. The number of carboxylic acids is 1. The molecule has 0 saturated heterocycles. The number of hydrogen-bond acceptors (Lipinski definition) is 2. The van der Waals surface area contributed by atoms with Crippen LogP contribution in [0.4, 0.5) is 0 Å². The second kappa shape index (κ2) is 6.65. The quantitative estimate of drug-likeness (QED) is 0.889. The van der Waals surface area contributed by atoms with Crippen LogP contribution in [0.25, 0.3) is 11.1 Å². The van der Waals surface area contributed by atoms with Gasteiger partial charge < -0.3 is 10.4 Å². The van der Waals surface area contributed by atoms with Crippen LogP contribution in [-0.2, 0) is 15.1 Å². The molecule has 0 aliphatic carbocycles. The third-order valence-electron chi connectivity index (χ3n) is 3.87. The lowest BCUT2D eigenvalue weighted by atomic mass is 9.89. The highest BCUT2D eigenvalue weighted by atomic mass is 16.4. The maximum Gasteiger partial charge on any atom is 0.333 e. The van der Waals surface area contributed by atoms with Crippen LogP contribution in [0.15, 0.2) is 54.6 Å². The largest absolute Gasteiger partial charge is 0.479 e. The summed E-state index contributed by atoms with van der Waals surface area (Å²) in [6.07, 6.45) is 0. The molecule has 0 bridgehead atoms. The molecule has 1 unspecified atom stereocenters. The van der Waals surface area contributed by atoms with E-state index in [4.69, 9.17) is 0 Å². The molecule has 2 rings (SSSR count). The van der Waals surface area contributed by atoms with Crippen LogP contribution in [0.3, 0.4) is 0 Å². The van der Waals surface area contributed by atoms with Gasteiger partial charge >= 0.3 is 5.97 Å². The van der Waals surface area contributed by atoms with E-state index in [2.05, 4.69) is 5.32 Å². The summed E-state index contributed by atoms with van der Waals surface area (Å²) >= 11 is 0. The molecule has 0 saturated carbocycles. The lowest BCUT2D eigenvalue weighted by Gasteiger charge is -2.28. The van der Waals surface area contributed by atoms with Crippen molar-refractivity contribution in [1.29, 1.82) is 0 Å². The topological polar surface area (TPSA) is 66.4 Å². The third-order valence-corrected chi connectivity index (χ3v) is 3.87. The lowest BCUT2D eigenvalue weighted by Crippen LogP contribution is -2.50. The Morgan fingerprint density at radius 3 is 2.17 bits per heavy atom. The van der Waals surface area contributed by atoms with E-state index < -0.39 is 11.5 Å². The Bertz CT molecular complexity index is 710. The van der Waals surface area contributed by atoms with E-state index in [0.717, 1.165) is 11.1 Å². The number of aliphatic carboxylic acids is 1. The first-order valence-electron chi connectivity index (χ1n) is 7.56. The summed E-state index contributed by atoms with van der Waals surface area (Å²) < 4.78 is 0. The Hall–Kier alpha value is -2.62. The number of nitrogens with one attached hydrogen (secondary N) is 1. The standard InChI is InChI=1S/C19H21NO3/c1-13(2)17(21)20-19(3,18(22)23)16-11-7-10-15(12-16)14-8-5-4-6-9-14/h4-13H,1-3H3,(H,20,21)(H,22,23). The lowest BCUT2D eigenvalue weighted by molar-refractivity contribution is -0.147. The van der Waals surface area contributed by atoms with Crippen molar-refractivity contribution in [2.75, 3.05) is 0 Å². The molecule has 2 N–H and O–H groups in total. The van der Waals surface area contributed by atoms with Crippen LogP contribution in [0, 0.1) is 5.92 Å². The molecule has 2 aromatic carbocycles. The van der Waals surface area contributed by atoms with Gasteiger partial charge in [-0.25, -0.2) is 4.79 Å². The normalized spacial score (nSPS) is 13.4. The predicted octanol–water partition coefficient (Wildman–Crippen LogP) is 3.43. The first-order valence-corrected chi connectivity index (χ1v) is 7.56. The zero-order valence-corrected chi connectivity index (χ0v) is 13.5. The minimum absolute atomic E-state index is 0.286. The highest BCUT2D eigenvalue weighted by Gasteiger charge is 2.37. The molecule has 2 aromatic rings. The monoisotopic (exact) mass is 311 g/mol. The molecule has 4 heteroatoms. The van der Waals surface area contributed by atoms with Crippen molar-refractivity contribution in [3.63, 3.8) is 0 Å². The van der Waals surface area contributed by atoms with Crippen LogP contribution < -0.4 is 5.32 Å². The van der Waals surface area contributed by atoms with E-state index in [-0.39, 0.29) is 11.8 Å². The summed E-state index contributed by atoms with van der Waals surface area (Å²) in [5.74, 6) is -1.66. The molecule has 23 heavy (non-hydrogen) atoms. The summed E-state index contributed by atoms with van der Waals surface area (Å²) in [6, 6.07) is 17.0. The van der Waals surface area contributed by atoms with Crippen molar-refractivity contribution >= 4 is 11.9 Å². The number of carboxylic acid groups (broad SMARTS) is 1. The fraction of sp³-hybridized carbons (Fsp3) is 0.263. The van der Waals surface area contributed by atoms with Gasteiger partial charge in [-0.2, -0.15) is 0 Å². The maximum atomic E-state index is 12.0. The second-order valence-corrected chi connectivity index (χ2v) is 6.02. The summed E-state index contributed by atoms with van der Waals surface area (Å²) in [4.78, 5) is 23.8. The van der Waals surface area contributed by atoms with E-state index >= 15 is 0 Å². The van der Waals surface area contributed by atoms with Gasteiger partial charge in [0.2, 0.25) is 5.91 Å². The van der Waals surface area contributed by atoms with E-state index in [1.165, 1.54) is 6.92 Å². The van der Waals surface area contributed by atoms with Crippen molar-refractivity contribution in [2.24, 2.45) is 5.92 Å². The fourth-order valence-corrected chi connectivity index (χ4v) is 2.28. The van der Waals surface area contributed by atoms with Gasteiger partial charge in [0.05, 0.1) is 0 Å². The fourth-order valence-electron chi connectivity index (χ4n) is 2.28. The van der Waals surface area contributed by atoms with Crippen molar-refractivity contribution in [3.8, 4) is 11.1 Å². The predicted molar refractivity (Wildman–Crippen MR) is 89.8 cm³/mol. The van der Waals surface area contributed by atoms with E-state index in [0.29, 0.717) is 5.56 Å². The van der Waals surface area contributed by atoms with Crippen LogP contribution in [-0.4, -0.2) is 17.0 Å². The molecule has 0 spiro atoms. The average molecular weight is 311 g/mol. The smallest absolute Gasteiger partial charge is 0.333 e. The molecule has 120 valence electrons. The molecule has 0 aromatic heterocycles. The van der Waals surface area contributed by atoms with Crippen molar-refractivity contribution in [2.45, 2.75) is 26.3 Å². The molecule has 4 nitrogen and oxygen atoms in total. The van der Waals surface area contributed by atoms with Gasteiger partial charge in [0.1, 0.15) is 0 Å². The highest BCUT2D eigenvalue weighted by Crippen LogP contribution is 2.27. The summed E-state index contributed by atoms with van der Waals surface area (Å²) in [6.45, 7) is 4.98. The zero-order valence-electron chi connectivity index (χ0n) is 13.5. The molecule has 1 amide bonds. The first-order chi connectivity index (χ1) is 10.8. The molecular weight excluding hydrogens is 290 g/mol. The molecular formula is C19H21NO3. The van der Waals surface area contributed by atoms with Crippen LogP contribution in [0.1, 0.15) is 26.3 Å². The molecule has 0 fully saturated rings.